The maximum atomic E-state index is 12.2. The Bertz CT molecular complexity index is 448. The van der Waals surface area contributed by atoms with Gasteiger partial charge in [0.15, 0.2) is 0 Å². The van der Waals surface area contributed by atoms with Crippen LogP contribution >= 0.6 is 0 Å². The Kier molecular flexibility index (Phi) is 3.69. The topological polar surface area (TPSA) is 59.8 Å². The van der Waals surface area contributed by atoms with Crippen LogP contribution in [0, 0.1) is 6.92 Å². The van der Waals surface area contributed by atoms with Gasteiger partial charge < -0.3 is 14.1 Å². The molecular weight excluding hydrogens is 234 g/mol. The molecule has 1 amide bonds. The van der Waals surface area contributed by atoms with E-state index >= 15 is 0 Å². The zero-order chi connectivity index (χ0) is 13.1. The molecule has 18 heavy (non-hydrogen) atoms. The molecule has 0 atom stereocenters. The van der Waals surface area contributed by atoms with Crippen LogP contribution < -0.4 is 0 Å². The number of hydrogen-bond donors (Lipinski definition) is 0. The maximum Gasteiger partial charge on any atom is 0.325 e. The molecule has 98 valence electrons. The third-order valence-corrected chi connectivity index (χ3v) is 2.83. The Morgan fingerprint density at radius 2 is 2.22 bits per heavy atom. The van der Waals surface area contributed by atoms with Crippen molar-refractivity contribution in [3.05, 3.63) is 23.7 Å². The van der Waals surface area contributed by atoms with Gasteiger partial charge in [-0.25, -0.2) is 0 Å². The first-order valence-corrected chi connectivity index (χ1v) is 6.13. The first-order valence-electron chi connectivity index (χ1n) is 6.13. The molecule has 1 aromatic heterocycles. The van der Waals surface area contributed by atoms with E-state index in [0.29, 0.717) is 17.9 Å². The van der Waals surface area contributed by atoms with Gasteiger partial charge in [-0.15, -0.1) is 0 Å². The Hall–Kier alpha value is -1.78. The highest BCUT2D eigenvalue weighted by molar-refractivity contribution is 5.96. The molecule has 2 rings (SSSR count). The Balaban J connectivity index is 2.05. The Morgan fingerprint density at radius 3 is 2.72 bits per heavy atom. The number of furan rings is 1. The average Bonchev–Trinajstić information content (AvgIpc) is 3.08. The summed E-state index contributed by atoms with van der Waals surface area (Å²) in [6.07, 6.45) is 3.32. The van der Waals surface area contributed by atoms with Gasteiger partial charge in [0.1, 0.15) is 18.6 Å². The largest absolute Gasteiger partial charge is 0.469 e. The van der Waals surface area contributed by atoms with Gasteiger partial charge in [-0.3, -0.25) is 9.59 Å². The second-order valence-electron chi connectivity index (χ2n) is 4.42. The molecule has 1 heterocycles. The number of rotatable bonds is 5. The summed E-state index contributed by atoms with van der Waals surface area (Å²) < 4.78 is 10.0. The fourth-order valence-electron chi connectivity index (χ4n) is 1.82. The van der Waals surface area contributed by atoms with Crippen molar-refractivity contribution in [2.24, 2.45) is 0 Å². The minimum Gasteiger partial charge on any atom is -0.469 e. The molecule has 5 heteroatoms. The average molecular weight is 251 g/mol. The number of ether oxygens (including phenoxy) is 1. The summed E-state index contributed by atoms with van der Waals surface area (Å²) in [7, 11) is 0. The molecule has 1 fully saturated rings. The predicted molar refractivity (Wildman–Crippen MR) is 64.1 cm³/mol. The molecule has 0 aliphatic heterocycles. The summed E-state index contributed by atoms with van der Waals surface area (Å²) in [6, 6.07) is 1.85. The fourth-order valence-corrected chi connectivity index (χ4v) is 1.82. The number of hydrogen-bond acceptors (Lipinski definition) is 4. The lowest BCUT2D eigenvalue weighted by molar-refractivity contribution is -0.144. The van der Waals surface area contributed by atoms with Crippen molar-refractivity contribution in [2.75, 3.05) is 13.2 Å². The quantitative estimate of drug-likeness (QED) is 0.748. The number of aryl methyl sites for hydroxylation is 1. The summed E-state index contributed by atoms with van der Waals surface area (Å²) in [5.41, 5.74) is 0.490. The van der Waals surface area contributed by atoms with E-state index in [9.17, 15) is 9.59 Å². The summed E-state index contributed by atoms with van der Waals surface area (Å²) in [6.45, 7) is 3.88. The molecule has 0 bridgehead atoms. The molecule has 5 nitrogen and oxygen atoms in total. The first-order chi connectivity index (χ1) is 8.61. The van der Waals surface area contributed by atoms with E-state index in [4.69, 9.17) is 9.15 Å². The molecule has 1 saturated carbocycles. The monoisotopic (exact) mass is 251 g/mol. The van der Waals surface area contributed by atoms with Gasteiger partial charge in [0.2, 0.25) is 0 Å². The van der Waals surface area contributed by atoms with Crippen LogP contribution in [0.5, 0.6) is 0 Å². The number of carbonyl (C=O) groups is 2. The third kappa shape index (κ3) is 2.91. The van der Waals surface area contributed by atoms with Crippen molar-refractivity contribution in [3.63, 3.8) is 0 Å². The van der Waals surface area contributed by atoms with E-state index in [0.717, 1.165) is 12.8 Å². The molecule has 1 aromatic rings. The van der Waals surface area contributed by atoms with Crippen LogP contribution in [0.4, 0.5) is 0 Å². The summed E-state index contributed by atoms with van der Waals surface area (Å²) in [5, 5.41) is 0. The van der Waals surface area contributed by atoms with Gasteiger partial charge in [0.25, 0.3) is 5.91 Å². The molecule has 0 unspecified atom stereocenters. The number of amides is 1. The molecule has 1 aliphatic carbocycles. The molecule has 0 radical (unpaired) electrons. The second-order valence-corrected chi connectivity index (χ2v) is 4.42. The maximum absolute atomic E-state index is 12.2. The van der Waals surface area contributed by atoms with Crippen molar-refractivity contribution in [3.8, 4) is 0 Å². The molecular formula is C13H17NO4. The van der Waals surface area contributed by atoms with Gasteiger partial charge >= 0.3 is 5.97 Å². The highest BCUT2D eigenvalue weighted by Crippen LogP contribution is 2.28. The fraction of sp³-hybridized carbons (Fsp3) is 0.538. The van der Waals surface area contributed by atoms with Gasteiger partial charge in [0, 0.05) is 6.04 Å². The summed E-state index contributed by atoms with van der Waals surface area (Å²) in [4.78, 5) is 25.3. The van der Waals surface area contributed by atoms with E-state index in [2.05, 4.69) is 0 Å². The van der Waals surface area contributed by atoms with E-state index in [1.807, 2.05) is 0 Å². The molecule has 0 saturated heterocycles. The minimum atomic E-state index is -0.363. The smallest absolute Gasteiger partial charge is 0.325 e. The molecule has 0 spiro atoms. The van der Waals surface area contributed by atoms with Crippen LogP contribution in [0.15, 0.2) is 16.7 Å². The third-order valence-electron chi connectivity index (χ3n) is 2.83. The number of esters is 1. The lowest BCUT2D eigenvalue weighted by Gasteiger charge is -2.20. The predicted octanol–water partition coefficient (Wildman–Crippen LogP) is 1.76. The normalized spacial score (nSPS) is 14.3. The van der Waals surface area contributed by atoms with Crippen LogP contribution in [-0.2, 0) is 9.53 Å². The molecule has 0 aromatic carbocycles. The van der Waals surface area contributed by atoms with Crippen molar-refractivity contribution in [1.29, 1.82) is 0 Å². The lowest BCUT2D eigenvalue weighted by Crippen LogP contribution is -2.38. The zero-order valence-electron chi connectivity index (χ0n) is 10.6. The minimum absolute atomic E-state index is 0.0154. The van der Waals surface area contributed by atoms with Gasteiger partial charge in [-0.05, 0) is 32.8 Å². The second kappa shape index (κ2) is 5.25. The van der Waals surface area contributed by atoms with Crippen LogP contribution in [0.25, 0.3) is 0 Å². The highest BCUT2D eigenvalue weighted by Gasteiger charge is 2.35. The Labute approximate surface area is 106 Å². The molecule has 0 N–H and O–H groups in total. The van der Waals surface area contributed by atoms with Crippen molar-refractivity contribution in [1.82, 2.24) is 4.90 Å². The van der Waals surface area contributed by atoms with E-state index in [-0.39, 0.29) is 24.5 Å². The number of nitrogens with zero attached hydrogens (tertiary/aromatic N) is 1. The van der Waals surface area contributed by atoms with Crippen LogP contribution in [0.1, 0.15) is 35.9 Å². The van der Waals surface area contributed by atoms with E-state index in [1.54, 1.807) is 24.8 Å². The van der Waals surface area contributed by atoms with Crippen LogP contribution in [-0.4, -0.2) is 36.0 Å². The number of carbonyl (C=O) groups excluding carboxylic acids is 2. The van der Waals surface area contributed by atoms with Crippen molar-refractivity contribution < 1.29 is 18.7 Å². The van der Waals surface area contributed by atoms with Crippen molar-refractivity contribution in [2.45, 2.75) is 32.7 Å². The Morgan fingerprint density at radius 1 is 1.50 bits per heavy atom. The summed E-state index contributed by atoms with van der Waals surface area (Å²) >= 11 is 0. The van der Waals surface area contributed by atoms with E-state index in [1.165, 1.54) is 6.26 Å². The van der Waals surface area contributed by atoms with Gasteiger partial charge in [0.05, 0.1) is 12.2 Å². The van der Waals surface area contributed by atoms with Gasteiger partial charge in [-0.2, -0.15) is 0 Å². The van der Waals surface area contributed by atoms with Crippen LogP contribution in [0.3, 0.4) is 0 Å². The summed E-state index contributed by atoms with van der Waals surface area (Å²) in [5.74, 6) is 0.158. The standard InChI is InChI=1S/C13H17NO4/c1-3-17-12(15)7-14(11-4-5-11)13(16)10-6-9(2)18-8-10/h6,8,11H,3-5,7H2,1-2H3. The molecule has 1 aliphatic rings. The van der Waals surface area contributed by atoms with Gasteiger partial charge in [-0.1, -0.05) is 0 Å². The highest BCUT2D eigenvalue weighted by atomic mass is 16.5. The SMILES string of the molecule is CCOC(=O)CN(C(=O)c1coc(C)c1)C1CC1. The first kappa shape index (κ1) is 12.7. The lowest BCUT2D eigenvalue weighted by atomic mass is 10.2. The van der Waals surface area contributed by atoms with E-state index < -0.39 is 0 Å². The van der Waals surface area contributed by atoms with Crippen molar-refractivity contribution >= 4 is 11.9 Å². The zero-order valence-corrected chi connectivity index (χ0v) is 10.6. The van der Waals surface area contributed by atoms with Crippen LogP contribution in [0.2, 0.25) is 0 Å².